The molecule has 0 bridgehead atoms. The number of amides is 2. The Morgan fingerprint density at radius 2 is 1.96 bits per heavy atom. The van der Waals surface area contributed by atoms with Crippen molar-refractivity contribution in [1.82, 2.24) is 10.2 Å². The van der Waals surface area contributed by atoms with Gasteiger partial charge in [-0.25, -0.2) is 0 Å². The average molecular weight is 399 g/mol. The van der Waals surface area contributed by atoms with E-state index in [1.165, 1.54) is 7.11 Å². The molecule has 2 amide bonds. The van der Waals surface area contributed by atoms with Gasteiger partial charge in [0, 0.05) is 19.0 Å². The van der Waals surface area contributed by atoms with Crippen LogP contribution in [0.4, 0.5) is 0 Å². The van der Waals surface area contributed by atoms with Gasteiger partial charge < -0.3 is 15.0 Å². The SMILES string of the molecule is COC(=O)[C@H]1C(=O)NC(SCC(=O)N2CCCC2)=C(C#N)[C@@H]1c1ccccc1. The van der Waals surface area contributed by atoms with Gasteiger partial charge in [-0.15, -0.1) is 0 Å². The second-order valence-corrected chi connectivity index (χ2v) is 7.60. The largest absolute Gasteiger partial charge is 0.468 e. The van der Waals surface area contributed by atoms with E-state index in [2.05, 4.69) is 11.4 Å². The third-order valence-corrected chi connectivity index (χ3v) is 5.94. The number of thioether (sulfide) groups is 1. The van der Waals surface area contributed by atoms with Crippen LogP contribution in [0.3, 0.4) is 0 Å². The molecular weight excluding hydrogens is 378 g/mol. The highest BCUT2D eigenvalue weighted by molar-refractivity contribution is 8.03. The van der Waals surface area contributed by atoms with E-state index in [1.54, 1.807) is 29.2 Å². The van der Waals surface area contributed by atoms with E-state index < -0.39 is 23.7 Å². The predicted octanol–water partition coefficient (Wildman–Crippen LogP) is 1.78. The van der Waals surface area contributed by atoms with Crippen molar-refractivity contribution in [2.45, 2.75) is 18.8 Å². The van der Waals surface area contributed by atoms with Crippen LogP contribution in [0.5, 0.6) is 0 Å². The summed E-state index contributed by atoms with van der Waals surface area (Å²) in [6.45, 7) is 1.49. The standard InChI is InChI=1S/C20H21N3O4S/c1-27-20(26)17-16(13-7-3-2-4-8-13)14(11-21)19(22-18(17)25)28-12-15(24)23-9-5-6-10-23/h2-4,7-8,16-17H,5-6,9-10,12H2,1H3,(H,22,25)/t16-,17+/m0/s1. The van der Waals surface area contributed by atoms with Gasteiger partial charge in [0.1, 0.15) is 5.92 Å². The van der Waals surface area contributed by atoms with Crippen LogP contribution in [-0.2, 0) is 19.1 Å². The first-order valence-electron chi connectivity index (χ1n) is 9.05. The van der Waals surface area contributed by atoms with Crippen molar-refractivity contribution in [2.24, 2.45) is 5.92 Å². The topological polar surface area (TPSA) is 99.5 Å². The lowest BCUT2D eigenvalue weighted by Gasteiger charge is -2.31. The summed E-state index contributed by atoms with van der Waals surface area (Å²) in [6, 6.07) is 11.1. The van der Waals surface area contributed by atoms with E-state index in [0.717, 1.165) is 37.7 Å². The molecule has 0 spiro atoms. The van der Waals surface area contributed by atoms with Crippen LogP contribution in [0.2, 0.25) is 0 Å². The van der Waals surface area contributed by atoms with Crippen molar-refractivity contribution in [3.05, 3.63) is 46.5 Å². The van der Waals surface area contributed by atoms with Gasteiger partial charge in [0.15, 0.2) is 0 Å². The number of hydrogen-bond donors (Lipinski definition) is 1. The van der Waals surface area contributed by atoms with Crippen molar-refractivity contribution in [2.75, 3.05) is 26.0 Å². The first-order chi connectivity index (χ1) is 13.6. The number of methoxy groups -OCH3 is 1. The van der Waals surface area contributed by atoms with Crippen LogP contribution in [0.1, 0.15) is 24.3 Å². The highest BCUT2D eigenvalue weighted by Crippen LogP contribution is 2.40. The Morgan fingerprint density at radius 1 is 1.29 bits per heavy atom. The number of carbonyl (C=O) groups excluding carboxylic acids is 3. The molecular formula is C20H21N3O4S. The Kier molecular flexibility index (Phi) is 6.37. The maximum absolute atomic E-state index is 12.7. The molecule has 0 aliphatic carbocycles. The highest BCUT2D eigenvalue weighted by Gasteiger charge is 2.44. The number of nitriles is 1. The van der Waals surface area contributed by atoms with Gasteiger partial charge in [-0.2, -0.15) is 5.26 Å². The second-order valence-electron chi connectivity index (χ2n) is 6.61. The molecule has 28 heavy (non-hydrogen) atoms. The minimum Gasteiger partial charge on any atom is -0.468 e. The third kappa shape index (κ3) is 4.04. The first kappa shape index (κ1) is 20.0. The summed E-state index contributed by atoms with van der Waals surface area (Å²) in [5.74, 6) is -3.02. The minimum atomic E-state index is -1.15. The Labute approximate surface area is 167 Å². The molecule has 2 aliphatic heterocycles. The monoisotopic (exact) mass is 399 g/mol. The molecule has 0 aromatic heterocycles. The van der Waals surface area contributed by atoms with Crippen LogP contribution < -0.4 is 5.32 Å². The molecule has 1 fully saturated rings. The lowest BCUT2D eigenvalue weighted by atomic mass is 9.78. The number of esters is 1. The van der Waals surface area contributed by atoms with Crippen LogP contribution >= 0.6 is 11.8 Å². The minimum absolute atomic E-state index is 0.0205. The van der Waals surface area contributed by atoms with Crippen molar-refractivity contribution in [1.29, 1.82) is 5.26 Å². The van der Waals surface area contributed by atoms with Crippen molar-refractivity contribution >= 4 is 29.5 Å². The number of carbonyl (C=O) groups is 3. The summed E-state index contributed by atoms with van der Waals surface area (Å²) in [6.07, 6.45) is 1.99. The molecule has 1 N–H and O–H groups in total. The zero-order chi connectivity index (χ0) is 20.1. The van der Waals surface area contributed by atoms with E-state index in [4.69, 9.17) is 4.74 Å². The molecule has 1 saturated heterocycles. The van der Waals surface area contributed by atoms with E-state index in [0.29, 0.717) is 10.6 Å². The van der Waals surface area contributed by atoms with Gasteiger partial charge in [-0.05, 0) is 18.4 Å². The van der Waals surface area contributed by atoms with Crippen molar-refractivity contribution < 1.29 is 19.1 Å². The van der Waals surface area contributed by atoms with Gasteiger partial charge in [0.25, 0.3) is 0 Å². The quantitative estimate of drug-likeness (QED) is 0.598. The van der Waals surface area contributed by atoms with Gasteiger partial charge in [-0.1, -0.05) is 42.1 Å². The van der Waals surface area contributed by atoms with E-state index >= 15 is 0 Å². The Bertz CT molecular complexity index is 841. The molecule has 2 atom stereocenters. The van der Waals surface area contributed by atoms with Crippen molar-refractivity contribution in [3.63, 3.8) is 0 Å². The van der Waals surface area contributed by atoms with Crippen LogP contribution in [0, 0.1) is 17.2 Å². The maximum Gasteiger partial charge on any atom is 0.319 e. The summed E-state index contributed by atoms with van der Waals surface area (Å²) >= 11 is 1.13. The summed E-state index contributed by atoms with van der Waals surface area (Å²) in [7, 11) is 1.21. The molecule has 0 saturated carbocycles. The lowest BCUT2D eigenvalue weighted by molar-refractivity contribution is -0.150. The van der Waals surface area contributed by atoms with Crippen LogP contribution in [0.15, 0.2) is 40.9 Å². The molecule has 2 heterocycles. The number of allylic oxidation sites excluding steroid dienone is 1. The summed E-state index contributed by atoms with van der Waals surface area (Å²) in [4.78, 5) is 39.1. The fourth-order valence-electron chi connectivity index (χ4n) is 3.53. The van der Waals surface area contributed by atoms with Crippen LogP contribution in [-0.4, -0.2) is 48.6 Å². The zero-order valence-corrected chi connectivity index (χ0v) is 16.3. The summed E-state index contributed by atoms with van der Waals surface area (Å²) < 4.78 is 4.81. The Morgan fingerprint density at radius 3 is 2.57 bits per heavy atom. The average Bonchev–Trinajstić information content (AvgIpc) is 3.26. The Balaban J connectivity index is 1.92. The smallest absolute Gasteiger partial charge is 0.319 e. The molecule has 146 valence electrons. The number of benzene rings is 1. The number of hydrogen-bond acceptors (Lipinski definition) is 6. The fourth-order valence-corrected chi connectivity index (χ4v) is 4.48. The van der Waals surface area contributed by atoms with Crippen molar-refractivity contribution in [3.8, 4) is 6.07 Å². The van der Waals surface area contributed by atoms with E-state index in [-0.39, 0.29) is 17.2 Å². The highest BCUT2D eigenvalue weighted by atomic mass is 32.2. The second kappa shape index (κ2) is 8.93. The van der Waals surface area contributed by atoms with Gasteiger partial charge >= 0.3 is 5.97 Å². The first-order valence-corrected chi connectivity index (χ1v) is 10.0. The molecule has 3 rings (SSSR count). The molecule has 0 unspecified atom stereocenters. The molecule has 8 heteroatoms. The lowest BCUT2D eigenvalue weighted by Crippen LogP contribution is -2.44. The van der Waals surface area contributed by atoms with E-state index in [9.17, 15) is 19.6 Å². The molecule has 1 aromatic carbocycles. The molecule has 0 radical (unpaired) electrons. The summed E-state index contributed by atoms with van der Waals surface area (Å²) in [5, 5.41) is 12.8. The molecule has 7 nitrogen and oxygen atoms in total. The number of likely N-dealkylation sites (tertiary alicyclic amines) is 1. The molecule has 2 aliphatic rings. The van der Waals surface area contributed by atoms with Gasteiger partial charge in [0.2, 0.25) is 11.8 Å². The fraction of sp³-hybridized carbons (Fsp3) is 0.400. The zero-order valence-electron chi connectivity index (χ0n) is 15.5. The number of nitrogens with zero attached hydrogens (tertiary/aromatic N) is 2. The van der Waals surface area contributed by atoms with Gasteiger partial charge in [-0.3, -0.25) is 14.4 Å². The van der Waals surface area contributed by atoms with E-state index in [1.807, 2.05) is 6.07 Å². The third-order valence-electron chi connectivity index (χ3n) is 4.94. The Hall–Kier alpha value is -2.79. The number of nitrogens with one attached hydrogen (secondary N) is 1. The number of ether oxygens (including phenoxy) is 1. The normalized spacial score (nSPS) is 21.9. The van der Waals surface area contributed by atoms with Crippen LogP contribution in [0.25, 0.3) is 0 Å². The van der Waals surface area contributed by atoms with Gasteiger partial charge in [0.05, 0.1) is 29.5 Å². The predicted molar refractivity (Wildman–Crippen MR) is 104 cm³/mol. The number of rotatable bonds is 5. The molecule has 1 aromatic rings. The maximum atomic E-state index is 12.7. The summed E-state index contributed by atoms with van der Waals surface area (Å²) in [5.41, 5.74) is 0.939.